The Morgan fingerprint density at radius 1 is 1.32 bits per heavy atom. The summed E-state index contributed by atoms with van der Waals surface area (Å²) in [6, 6.07) is 9.62. The van der Waals surface area contributed by atoms with E-state index in [4.69, 9.17) is 5.11 Å². The van der Waals surface area contributed by atoms with E-state index >= 15 is 0 Å². The van der Waals surface area contributed by atoms with Gasteiger partial charge in [-0.15, -0.1) is 0 Å². The lowest BCUT2D eigenvalue weighted by molar-refractivity contribution is 0.0690. The van der Waals surface area contributed by atoms with E-state index in [1.54, 1.807) is 36.2 Å². The van der Waals surface area contributed by atoms with Crippen molar-refractivity contribution in [2.24, 2.45) is 0 Å². The minimum atomic E-state index is -1.07. The number of rotatable bonds is 4. The van der Waals surface area contributed by atoms with Gasteiger partial charge in [0.1, 0.15) is 11.5 Å². The van der Waals surface area contributed by atoms with Crippen LogP contribution in [-0.2, 0) is 6.54 Å². The van der Waals surface area contributed by atoms with Gasteiger partial charge in [-0.1, -0.05) is 18.2 Å². The van der Waals surface area contributed by atoms with Gasteiger partial charge < -0.3 is 10.0 Å². The molecule has 0 saturated carbocycles. The third kappa shape index (κ3) is 3.07. The second-order valence-corrected chi connectivity index (χ2v) is 4.15. The van der Waals surface area contributed by atoms with Crippen LogP contribution >= 0.6 is 0 Å². The van der Waals surface area contributed by atoms with E-state index in [-0.39, 0.29) is 11.5 Å². The number of nitrogens with zero attached hydrogens (tertiary/aromatic N) is 2. The number of carboxylic acids is 1. The Labute approximate surface area is 110 Å². The zero-order valence-corrected chi connectivity index (χ0v) is 10.4. The smallest absolute Gasteiger partial charge is 0.354 e. The van der Waals surface area contributed by atoms with Crippen molar-refractivity contribution < 1.29 is 14.3 Å². The van der Waals surface area contributed by atoms with Crippen LogP contribution in [0.3, 0.4) is 0 Å². The highest BCUT2D eigenvalue weighted by molar-refractivity contribution is 5.85. The molecule has 1 heterocycles. The molecule has 0 bridgehead atoms. The predicted octanol–water partition coefficient (Wildman–Crippen LogP) is 2.56. The Hall–Kier alpha value is -2.43. The summed E-state index contributed by atoms with van der Waals surface area (Å²) in [4.78, 5) is 16.3. The minimum absolute atomic E-state index is 0.0111. The van der Waals surface area contributed by atoms with Crippen molar-refractivity contribution in [3.8, 4) is 0 Å². The van der Waals surface area contributed by atoms with Gasteiger partial charge in [-0.05, 0) is 18.2 Å². The average Bonchev–Trinajstić information content (AvgIpc) is 2.41. The summed E-state index contributed by atoms with van der Waals surface area (Å²) < 4.78 is 13.5. The first kappa shape index (κ1) is 13.0. The minimum Gasteiger partial charge on any atom is -0.477 e. The van der Waals surface area contributed by atoms with Crippen LogP contribution in [0.25, 0.3) is 0 Å². The molecule has 0 atom stereocenters. The Balaban J connectivity index is 2.14. The van der Waals surface area contributed by atoms with E-state index < -0.39 is 5.97 Å². The van der Waals surface area contributed by atoms with Crippen molar-refractivity contribution >= 4 is 11.7 Å². The molecule has 19 heavy (non-hydrogen) atoms. The number of hydrogen-bond donors (Lipinski definition) is 1. The summed E-state index contributed by atoms with van der Waals surface area (Å²) in [7, 11) is 1.80. The summed E-state index contributed by atoms with van der Waals surface area (Å²) in [6.45, 7) is 0.390. The number of benzene rings is 1. The first-order chi connectivity index (χ1) is 9.08. The standard InChI is InChI=1S/C14H13FN2O2/c1-17(9-10-4-2-3-5-12(10)15)11-6-7-13(14(18)19)16-8-11/h2-8H,9H2,1H3,(H,18,19). The van der Waals surface area contributed by atoms with Gasteiger partial charge in [-0.2, -0.15) is 0 Å². The summed E-state index contributed by atoms with van der Waals surface area (Å²) in [6.07, 6.45) is 1.46. The number of pyridine rings is 1. The molecule has 0 unspecified atom stereocenters. The number of halogens is 1. The molecule has 0 saturated heterocycles. The molecule has 1 aromatic carbocycles. The molecule has 0 spiro atoms. The molecule has 5 heteroatoms. The molecular weight excluding hydrogens is 247 g/mol. The summed E-state index contributed by atoms with van der Waals surface area (Å²) in [5.74, 6) is -1.33. The van der Waals surface area contributed by atoms with Crippen molar-refractivity contribution in [2.75, 3.05) is 11.9 Å². The molecule has 0 fully saturated rings. The first-order valence-corrected chi connectivity index (χ1v) is 5.72. The average molecular weight is 260 g/mol. The van der Waals surface area contributed by atoms with Crippen LogP contribution < -0.4 is 4.90 Å². The van der Waals surface area contributed by atoms with E-state index in [0.29, 0.717) is 12.1 Å². The van der Waals surface area contributed by atoms with Crippen molar-refractivity contribution in [3.05, 3.63) is 59.7 Å². The third-order valence-corrected chi connectivity index (χ3v) is 2.77. The summed E-state index contributed by atoms with van der Waals surface area (Å²) >= 11 is 0. The van der Waals surface area contributed by atoms with Crippen LogP contribution in [0.2, 0.25) is 0 Å². The largest absolute Gasteiger partial charge is 0.477 e. The highest BCUT2D eigenvalue weighted by Crippen LogP contribution is 2.16. The maximum atomic E-state index is 13.5. The van der Waals surface area contributed by atoms with Crippen LogP contribution in [0.15, 0.2) is 42.6 Å². The number of aromatic carboxylic acids is 1. The third-order valence-electron chi connectivity index (χ3n) is 2.77. The number of carbonyl (C=O) groups is 1. The molecule has 0 amide bonds. The fraction of sp³-hybridized carbons (Fsp3) is 0.143. The Morgan fingerprint density at radius 2 is 2.05 bits per heavy atom. The molecule has 0 aliphatic heterocycles. The molecule has 2 rings (SSSR count). The molecule has 0 aliphatic rings. The highest BCUT2D eigenvalue weighted by Gasteiger charge is 2.08. The zero-order chi connectivity index (χ0) is 13.8. The van der Waals surface area contributed by atoms with Gasteiger partial charge in [-0.25, -0.2) is 14.2 Å². The summed E-state index contributed by atoms with van der Waals surface area (Å²) in [5, 5.41) is 8.76. The second kappa shape index (κ2) is 5.48. The Morgan fingerprint density at radius 3 is 2.63 bits per heavy atom. The van der Waals surface area contributed by atoms with Crippen LogP contribution in [-0.4, -0.2) is 23.1 Å². The van der Waals surface area contributed by atoms with E-state index in [9.17, 15) is 9.18 Å². The van der Waals surface area contributed by atoms with E-state index in [2.05, 4.69) is 4.98 Å². The Bertz CT molecular complexity index is 584. The lowest BCUT2D eigenvalue weighted by atomic mass is 10.2. The summed E-state index contributed by atoms with van der Waals surface area (Å²) in [5.41, 5.74) is 1.30. The van der Waals surface area contributed by atoms with E-state index in [0.717, 1.165) is 5.69 Å². The van der Waals surface area contributed by atoms with Crippen LogP contribution in [0, 0.1) is 5.82 Å². The first-order valence-electron chi connectivity index (χ1n) is 5.72. The van der Waals surface area contributed by atoms with Crippen molar-refractivity contribution in [3.63, 3.8) is 0 Å². The molecule has 2 aromatic rings. The topological polar surface area (TPSA) is 53.4 Å². The number of anilines is 1. The van der Waals surface area contributed by atoms with Crippen molar-refractivity contribution in [1.29, 1.82) is 0 Å². The SMILES string of the molecule is CN(Cc1ccccc1F)c1ccc(C(=O)O)nc1. The van der Waals surface area contributed by atoms with Gasteiger partial charge in [0.25, 0.3) is 0 Å². The van der Waals surface area contributed by atoms with Crippen LogP contribution in [0.4, 0.5) is 10.1 Å². The van der Waals surface area contributed by atoms with E-state index in [1.165, 1.54) is 18.3 Å². The van der Waals surface area contributed by atoms with E-state index in [1.807, 2.05) is 0 Å². The molecule has 0 radical (unpaired) electrons. The molecule has 98 valence electrons. The van der Waals surface area contributed by atoms with Crippen LogP contribution in [0.1, 0.15) is 16.1 Å². The van der Waals surface area contributed by atoms with Gasteiger partial charge in [-0.3, -0.25) is 0 Å². The maximum absolute atomic E-state index is 13.5. The molecule has 1 N–H and O–H groups in total. The highest BCUT2D eigenvalue weighted by atomic mass is 19.1. The number of aromatic nitrogens is 1. The molecule has 1 aromatic heterocycles. The Kier molecular flexibility index (Phi) is 3.75. The quantitative estimate of drug-likeness (QED) is 0.917. The van der Waals surface area contributed by atoms with Crippen molar-refractivity contribution in [1.82, 2.24) is 4.98 Å². The lowest BCUT2D eigenvalue weighted by Gasteiger charge is -2.19. The van der Waals surface area contributed by atoms with Gasteiger partial charge in [0.05, 0.1) is 11.9 Å². The molecular formula is C14H13FN2O2. The van der Waals surface area contributed by atoms with Gasteiger partial charge in [0.2, 0.25) is 0 Å². The number of carboxylic acid groups (broad SMARTS) is 1. The van der Waals surface area contributed by atoms with Crippen molar-refractivity contribution in [2.45, 2.75) is 6.54 Å². The fourth-order valence-corrected chi connectivity index (χ4v) is 1.71. The van der Waals surface area contributed by atoms with Gasteiger partial charge >= 0.3 is 5.97 Å². The normalized spacial score (nSPS) is 10.2. The maximum Gasteiger partial charge on any atom is 0.354 e. The number of hydrogen-bond acceptors (Lipinski definition) is 3. The van der Waals surface area contributed by atoms with Crippen LogP contribution in [0.5, 0.6) is 0 Å². The monoisotopic (exact) mass is 260 g/mol. The zero-order valence-electron chi connectivity index (χ0n) is 10.4. The van der Waals surface area contributed by atoms with Gasteiger partial charge in [0.15, 0.2) is 0 Å². The second-order valence-electron chi connectivity index (χ2n) is 4.15. The molecule has 0 aliphatic carbocycles. The predicted molar refractivity (Wildman–Crippen MR) is 69.7 cm³/mol. The molecule has 4 nitrogen and oxygen atoms in total. The van der Waals surface area contributed by atoms with Gasteiger partial charge in [0, 0.05) is 19.2 Å². The fourth-order valence-electron chi connectivity index (χ4n) is 1.71. The lowest BCUT2D eigenvalue weighted by Crippen LogP contribution is -2.17.